The molecular formula is C17H17NO. The van der Waals surface area contributed by atoms with E-state index in [1.807, 2.05) is 6.07 Å². The highest BCUT2D eigenvalue weighted by atomic mass is 16.3. The predicted octanol–water partition coefficient (Wildman–Crippen LogP) is 3.49. The fourth-order valence-corrected chi connectivity index (χ4v) is 2.47. The van der Waals surface area contributed by atoms with Crippen LogP contribution in [0.1, 0.15) is 16.7 Å². The molecule has 0 atom stereocenters. The molecule has 2 aromatic carbocycles. The van der Waals surface area contributed by atoms with Crippen LogP contribution in [0.2, 0.25) is 0 Å². The highest BCUT2D eigenvalue weighted by Gasteiger charge is 2.03. The van der Waals surface area contributed by atoms with Crippen LogP contribution in [-0.2, 0) is 13.2 Å². The molecule has 1 heterocycles. The number of fused-ring (bicyclic) bond motifs is 1. The molecule has 1 aromatic heterocycles. The van der Waals surface area contributed by atoms with E-state index in [0.717, 1.165) is 12.1 Å². The standard InChI is InChI=1S/C17H17NO/c1-13-3-2-4-14(9-13)11-18-8-7-16-6-5-15(12-19)10-17(16)18/h2-10,19H,11-12H2,1H3. The lowest BCUT2D eigenvalue weighted by molar-refractivity contribution is 0.282. The second kappa shape index (κ2) is 4.90. The Bertz CT molecular complexity index is 712. The van der Waals surface area contributed by atoms with Gasteiger partial charge in [0.2, 0.25) is 0 Å². The van der Waals surface area contributed by atoms with Crippen molar-refractivity contribution in [3.63, 3.8) is 0 Å². The number of aliphatic hydroxyl groups excluding tert-OH is 1. The van der Waals surface area contributed by atoms with E-state index in [4.69, 9.17) is 0 Å². The maximum Gasteiger partial charge on any atom is 0.0682 e. The monoisotopic (exact) mass is 251 g/mol. The van der Waals surface area contributed by atoms with Crippen LogP contribution in [-0.4, -0.2) is 9.67 Å². The molecule has 3 aromatic rings. The molecule has 0 fully saturated rings. The Morgan fingerprint density at radius 3 is 2.68 bits per heavy atom. The Morgan fingerprint density at radius 1 is 1.00 bits per heavy atom. The molecule has 0 saturated carbocycles. The zero-order valence-electron chi connectivity index (χ0n) is 11.0. The predicted molar refractivity (Wildman–Crippen MR) is 78.1 cm³/mol. The topological polar surface area (TPSA) is 25.2 Å². The van der Waals surface area contributed by atoms with Gasteiger partial charge in [-0.15, -0.1) is 0 Å². The summed E-state index contributed by atoms with van der Waals surface area (Å²) in [5, 5.41) is 10.5. The smallest absolute Gasteiger partial charge is 0.0682 e. The first-order valence-electron chi connectivity index (χ1n) is 6.50. The molecule has 0 amide bonds. The number of aliphatic hydroxyl groups is 1. The normalized spacial score (nSPS) is 11.1. The Hall–Kier alpha value is -2.06. The van der Waals surface area contributed by atoms with Crippen LogP contribution in [0.25, 0.3) is 10.9 Å². The Labute approximate surface area is 112 Å². The number of aromatic nitrogens is 1. The molecule has 0 bridgehead atoms. The van der Waals surface area contributed by atoms with Crippen molar-refractivity contribution in [1.82, 2.24) is 4.57 Å². The fourth-order valence-electron chi connectivity index (χ4n) is 2.47. The summed E-state index contributed by atoms with van der Waals surface area (Å²) in [4.78, 5) is 0. The van der Waals surface area contributed by atoms with Gasteiger partial charge in [-0.1, -0.05) is 42.0 Å². The number of benzene rings is 2. The molecule has 0 spiro atoms. The van der Waals surface area contributed by atoms with Gasteiger partial charge in [0, 0.05) is 18.3 Å². The van der Waals surface area contributed by atoms with E-state index in [9.17, 15) is 5.11 Å². The quantitative estimate of drug-likeness (QED) is 0.757. The zero-order chi connectivity index (χ0) is 13.2. The van der Waals surface area contributed by atoms with Gasteiger partial charge in [-0.25, -0.2) is 0 Å². The molecule has 0 aliphatic heterocycles. The minimum atomic E-state index is 0.0889. The minimum Gasteiger partial charge on any atom is -0.392 e. The number of nitrogens with zero attached hydrogens (tertiary/aromatic N) is 1. The molecule has 1 N–H and O–H groups in total. The van der Waals surface area contributed by atoms with Gasteiger partial charge in [-0.05, 0) is 35.6 Å². The van der Waals surface area contributed by atoms with E-state index in [2.05, 4.69) is 60.2 Å². The van der Waals surface area contributed by atoms with Gasteiger partial charge in [0.15, 0.2) is 0 Å². The van der Waals surface area contributed by atoms with Crippen LogP contribution in [0.15, 0.2) is 54.7 Å². The van der Waals surface area contributed by atoms with Crippen LogP contribution in [0.3, 0.4) is 0 Å². The average Bonchev–Trinajstić information content (AvgIpc) is 2.81. The van der Waals surface area contributed by atoms with Crippen molar-refractivity contribution < 1.29 is 5.11 Å². The van der Waals surface area contributed by atoms with Crippen LogP contribution in [0.4, 0.5) is 0 Å². The Morgan fingerprint density at radius 2 is 1.89 bits per heavy atom. The van der Waals surface area contributed by atoms with Gasteiger partial charge in [-0.3, -0.25) is 0 Å². The molecule has 0 aliphatic carbocycles. The summed E-state index contributed by atoms with van der Waals surface area (Å²) >= 11 is 0. The average molecular weight is 251 g/mol. The largest absolute Gasteiger partial charge is 0.392 e. The van der Waals surface area contributed by atoms with Crippen molar-refractivity contribution in [2.45, 2.75) is 20.1 Å². The van der Waals surface area contributed by atoms with E-state index >= 15 is 0 Å². The van der Waals surface area contributed by atoms with Crippen molar-refractivity contribution in [3.8, 4) is 0 Å². The summed E-state index contributed by atoms with van der Waals surface area (Å²) < 4.78 is 2.23. The molecule has 3 rings (SSSR count). The van der Waals surface area contributed by atoms with Gasteiger partial charge in [0.1, 0.15) is 0 Å². The molecule has 96 valence electrons. The summed E-state index contributed by atoms with van der Waals surface area (Å²) in [6, 6.07) is 16.8. The van der Waals surface area contributed by atoms with E-state index < -0.39 is 0 Å². The van der Waals surface area contributed by atoms with E-state index in [1.165, 1.54) is 22.0 Å². The van der Waals surface area contributed by atoms with Gasteiger partial charge < -0.3 is 9.67 Å². The molecule has 2 heteroatoms. The molecular weight excluding hydrogens is 234 g/mol. The van der Waals surface area contributed by atoms with E-state index in [-0.39, 0.29) is 6.61 Å². The zero-order valence-corrected chi connectivity index (χ0v) is 11.0. The van der Waals surface area contributed by atoms with Crippen molar-refractivity contribution in [2.75, 3.05) is 0 Å². The summed E-state index contributed by atoms with van der Waals surface area (Å²) in [6.45, 7) is 3.06. The number of rotatable bonds is 3. The minimum absolute atomic E-state index is 0.0889. The second-order valence-corrected chi connectivity index (χ2v) is 4.98. The van der Waals surface area contributed by atoms with Crippen molar-refractivity contribution in [3.05, 3.63) is 71.4 Å². The van der Waals surface area contributed by atoms with Gasteiger partial charge in [0.05, 0.1) is 6.61 Å². The summed E-state index contributed by atoms with van der Waals surface area (Å²) in [7, 11) is 0. The number of aryl methyl sites for hydroxylation is 1. The molecule has 19 heavy (non-hydrogen) atoms. The van der Waals surface area contributed by atoms with Crippen LogP contribution in [0.5, 0.6) is 0 Å². The third kappa shape index (κ3) is 2.40. The third-order valence-electron chi connectivity index (χ3n) is 3.46. The maximum absolute atomic E-state index is 9.24. The first-order chi connectivity index (χ1) is 9.26. The first-order valence-corrected chi connectivity index (χ1v) is 6.50. The lowest BCUT2D eigenvalue weighted by Gasteiger charge is -2.07. The Balaban J connectivity index is 2.00. The van der Waals surface area contributed by atoms with Crippen molar-refractivity contribution in [1.29, 1.82) is 0 Å². The van der Waals surface area contributed by atoms with Crippen LogP contribution in [0, 0.1) is 6.92 Å². The first kappa shape index (κ1) is 12.0. The van der Waals surface area contributed by atoms with Crippen molar-refractivity contribution in [2.24, 2.45) is 0 Å². The summed E-state index contributed by atoms with van der Waals surface area (Å²) in [5.74, 6) is 0. The lowest BCUT2D eigenvalue weighted by atomic mass is 10.1. The fraction of sp³-hybridized carbons (Fsp3) is 0.176. The van der Waals surface area contributed by atoms with Gasteiger partial charge in [-0.2, -0.15) is 0 Å². The van der Waals surface area contributed by atoms with Crippen molar-refractivity contribution >= 4 is 10.9 Å². The molecule has 0 unspecified atom stereocenters. The van der Waals surface area contributed by atoms with E-state index in [1.54, 1.807) is 0 Å². The van der Waals surface area contributed by atoms with Gasteiger partial charge >= 0.3 is 0 Å². The highest BCUT2D eigenvalue weighted by Crippen LogP contribution is 2.19. The SMILES string of the molecule is Cc1cccc(Cn2ccc3ccc(CO)cc32)c1. The van der Waals surface area contributed by atoms with Gasteiger partial charge in [0.25, 0.3) is 0 Å². The highest BCUT2D eigenvalue weighted by molar-refractivity contribution is 5.80. The molecule has 0 radical (unpaired) electrons. The molecule has 0 aliphatic rings. The Kier molecular flexibility index (Phi) is 3.10. The maximum atomic E-state index is 9.24. The third-order valence-corrected chi connectivity index (χ3v) is 3.46. The van der Waals surface area contributed by atoms with Crippen LogP contribution < -0.4 is 0 Å². The van der Waals surface area contributed by atoms with Crippen LogP contribution >= 0.6 is 0 Å². The van der Waals surface area contributed by atoms with E-state index in [0.29, 0.717) is 0 Å². The number of hydrogen-bond acceptors (Lipinski definition) is 1. The number of hydrogen-bond donors (Lipinski definition) is 1. The summed E-state index contributed by atoms with van der Waals surface area (Å²) in [6.07, 6.45) is 2.11. The molecule has 2 nitrogen and oxygen atoms in total. The summed E-state index contributed by atoms with van der Waals surface area (Å²) in [5.41, 5.74) is 4.71. The lowest BCUT2D eigenvalue weighted by Crippen LogP contribution is -1.98. The second-order valence-electron chi connectivity index (χ2n) is 4.98. The molecule has 0 saturated heterocycles.